The molecular formula is C12H10N4OS. The lowest BCUT2D eigenvalue weighted by molar-refractivity contribution is 0.112. The van der Waals surface area contributed by atoms with Gasteiger partial charge in [0.15, 0.2) is 11.9 Å². The summed E-state index contributed by atoms with van der Waals surface area (Å²) in [6.45, 7) is 0. The molecule has 18 heavy (non-hydrogen) atoms. The molecule has 0 atom stereocenters. The van der Waals surface area contributed by atoms with Gasteiger partial charge in [0.2, 0.25) is 5.95 Å². The number of nitrogens with one attached hydrogen (secondary N) is 1. The van der Waals surface area contributed by atoms with Crippen molar-refractivity contribution in [1.29, 1.82) is 0 Å². The quantitative estimate of drug-likeness (QED) is 0.732. The van der Waals surface area contributed by atoms with Crippen molar-refractivity contribution in [2.24, 2.45) is 0 Å². The molecular weight excluding hydrogens is 248 g/mol. The molecule has 0 aliphatic rings. The van der Waals surface area contributed by atoms with Crippen molar-refractivity contribution in [1.82, 2.24) is 14.6 Å². The Kier molecular flexibility index (Phi) is 2.56. The van der Waals surface area contributed by atoms with Crippen molar-refractivity contribution in [3.8, 4) is 10.6 Å². The molecule has 5 nitrogen and oxygen atoms in total. The third kappa shape index (κ3) is 1.67. The molecule has 0 radical (unpaired) electrons. The first-order valence-electron chi connectivity index (χ1n) is 5.41. The van der Waals surface area contributed by atoms with Crippen LogP contribution in [-0.2, 0) is 0 Å². The summed E-state index contributed by atoms with van der Waals surface area (Å²) in [6, 6.07) is 9.51. The number of fused-ring (bicyclic) bond motifs is 1. The van der Waals surface area contributed by atoms with Gasteiger partial charge in [0.1, 0.15) is 0 Å². The third-order valence-electron chi connectivity index (χ3n) is 2.58. The van der Waals surface area contributed by atoms with Crippen LogP contribution in [0, 0.1) is 0 Å². The molecule has 3 aromatic rings. The first-order valence-corrected chi connectivity index (χ1v) is 6.22. The molecule has 0 amide bonds. The molecule has 0 aliphatic carbocycles. The maximum atomic E-state index is 10.7. The molecule has 0 saturated carbocycles. The van der Waals surface area contributed by atoms with Crippen molar-refractivity contribution in [3.63, 3.8) is 0 Å². The summed E-state index contributed by atoms with van der Waals surface area (Å²) in [6.07, 6.45) is 0.856. The molecule has 0 fully saturated rings. The van der Waals surface area contributed by atoms with Crippen LogP contribution in [0.1, 0.15) is 9.67 Å². The molecule has 1 N–H and O–H groups in total. The van der Waals surface area contributed by atoms with Crippen LogP contribution in [-0.4, -0.2) is 27.9 Å². The van der Waals surface area contributed by atoms with E-state index in [4.69, 9.17) is 0 Å². The number of hydrogen-bond acceptors (Lipinski definition) is 5. The number of carbonyl (C=O) groups excluding carboxylic acids is 1. The highest BCUT2D eigenvalue weighted by molar-refractivity contribution is 7.17. The van der Waals surface area contributed by atoms with Crippen LogP contribution in [0.15, 0.2) is 30.3 Å². The lowest BCUT2D eigenvalue weighted by atomic mass is 10.3. The average molecular weight is 258 g/mol. The zero-order valence-electron chi connectivity index (χ0n) is 9.62. The van der Waals surface area contributed by atoms with Gasteiger partial charge < -0.3 is 5.32 Å². The topological polar surface area (TPSA) is 59.3 Å². The van der Waals surface area contributed by atoms with Gasteiger partial charge in [0.25, 0.3) is 0 Å². The number of carbonyl (C=O) groups is 1. The number of rotatable bonds is 3. The highest BCUT2D eigenvalue weighted by atomic mass is 32.1. The Morgan fingerprint density at radius 2 is 2.22 bits per heavy atom. The summed E-state index contributed by atoms with van der Waals surface area (Å²) < 4.78 is 1.77. The Hall–Kier alpha value is -2.21. The van der Waals surface area contributed by atoms with Crippen LogP contribution >= 0.6 is 11.3 Å². The van der Waals surface area contributed by atoms with Crippen LogP contribution in [0.4, 0.5) is 5.95 Å². The maximum absolute atomic E-state index is 10.7. The van der Waals surface area contributed by atoms with E-state index in [0.717, 1.165) is 22.5 Å². The number of pyridine rings is 1. The molecule has 0 aromatic carbocycles. The van der Waals surface area contributed by atoms with Crippen molar-refractivity contribution >= 4 is 29.2 Å². The van der Waals surface area contributed by atoms with E-state index in [1.165, 1.54) is 11.3 Å². The second-order valence-corrected chi connectivity index (χ2v) is 4.80. The highest BCUT2D eigenvalue weighted by Crippen LogP contribution is 2.27. The normalized spacial score (nSPS) is 10.7. The largest absolute Gasteiger partial charge is 0.356 e. The molecule has 0 aliphatic heterocycles. The van der Waals surface area contributed by atoms with Gasteiger partial charge >= 0.3 is 0 Å². The van der Waals surface area contributed by atoms with E-state index in [1.54, 1.807) is 11.6 Å². The summed E-state index contributed by atoms with van der Waals surface area (Å²) in [7, 11) is 1.78. The second kappa shape index (κ2) is 4.23. The number of aldehydes is 1. The van der Waals surface area contributed by atoms with Gasteiger partial charge in [0.05, 0.1) is 15.4 Å². The van der Waals surface area contributed by atoms with Crippen LogP contribution < -0.4 is 5.32 Å². The number of hydrogen-bond donors (Lipinski definition) is 1. The molecule has 3 heterocycles. The zero-order chi connectivity index (χ0) is 12.5. The van der Waals surface area contributed by atoms with Gasteiger partial charge in [-0.05, 0) is 24.3 Å². The van der Waals surface area contributed by atoms with Gasteiger partial charge in [-0.3, -0.25) is 4.79 Å². The van der Waals surface area contributed by atoms with Gasteiger partial charge in [-0.25, -0.2) is 4.52 Å². The van der Waals surface area contributed by atoms with Crippen LogP contribution in [0.5, 0.6) is 0 Å². The van der Waals surface area contributed by atoms with Crippen LogP contribution in [0.25, 0.3) is 16.2 Å². The first-order chi connectivity index (χ1) is 8.81. The molecule has 0 saturated heterocycles. The standard InChI is InChI=1S/C12H10N4OS/c1-13-12-14-11-4-2-3-9(16(11)15-12)10-6-5-8(7-17)18-10/h2-7H,1H3,(H,13,15). The van der Waals surface area contributed by atoms with Crippen LogP contribution in [0.3, 0.4) is 0 Å². The molecule has 0 unspecified atom stereocenters. The Balaban J connectivity index is 2.21. The summed E-state index contributed by atoms with van der Waals surface area (Å²) >= 11 is 1.44. The second-order valence-electron chi connectivity index (χ2n) is 3.69. The minimum Gasteiger partial charge on any atom is -0.356 e. The third-order valence-corrected chi connectivity index (χ3v) is 3.61. The van der Waals surface area contributed by atoms with Gasteiger partial charge in [-0.15, -0.1) is 16.4 Å². The minimum atomic E-state index is 0.578. The van der Waals surface area contributed by atoms with Gasteiger partial charge in [0, 0.05) is 7.05 Å². The first kappa shape index (κ1) is 10.9. The lowest BCUT2D eigenvalue weighted by Gasteiger charge is -1.99. The summed E-state index contributed by atoms with van der Waals surface area (Å²) in [5, 5.41) is 7.27. The maximum Gasteiger partial charge on any atom is 0.242 e. The fourth-order valence-corrected chi connectivity index (χ4v) is 2.58. The number of aromatic nitrogens is 3. The highest BCUT2D eigenvalue weighted by Gasteiger charge is 2.09. The molecule has 0 spiro atoms. The van der Waals surface area contributed by atoms with Crippen molar-refractivity contribution in [3.05, 3.63) is 35.2 Å². The monoisotopic (exact) mass is 258 g/mol. The number of thiophene rings is 1. The molecule has 0 bridgehead atoms. The number of anilines is 1. The van der Waals surface area contributed by atoms with E-state index < -0.39 is 0 Å². The molecule has 90 valence electrons. The van der Waals surface area contributed by atoms with E-state index in [0.29, 0.717) is 10.8 Å². The smallest absolute Gasteiger partial charge is 0.242 e. The Morgan fingerprint density at radius 3 is 2.94 bits per heavy atom. The van der Waals surface area contributed by atoms with E-state index in [2.05, 4.69) is 15.4 Å². The van der Waals surface area contributed by atoms with Gasteiger partial charge in [-0.1, -0.05) is 6.07 Å². The SMILES string of the molecule is CNc1nc2cccc(-c3ccc(C=O)s3)n2n1. The van der Waals surface area contributed by atoms with Crippen LogP contribution in [0.2, 0.25) is 0 Å². The summed E-state index contributed by atoms with van der Waals surface area (Å²) in [5.41, 5.74) is 1.71. The summed E-state index contributed by atoms with van der Waals surface area (Å²) in [5.74, 6) is 0.578. The van der Waals surface area contributed by atoms with Crippen molar-refractivity contribution in [2.75, 3.05) is 12.4 Å². The fourth-order valence-electron chi connectivity index (χ4n) is 1.75. The fraction of sp³-hybridized carbons (Fsp3) is 0.0833. The molecule has 6 heteroatoms. The van der Waals surface area contributed by atoms with E-state index >= 15 is 0 Å². The van der Waals surface area contributed by atoms with Gasteiger partial charge in [-0.2, -0.15) is 4.98 Å². The average Bonchev–Trinajstić information content (AvgIpc) is 3.04. The van der Waals surface area contributed by atoms with Crippen molar-refractivity contribution in [2.45, 2.75) is 0 Å². The minimum absolute atomic E-state index is 0.578. The lowest BCUT2D eigenvalue weighted by Crippen LogP contribution is -1.93. The molecule has 3 rings (SSSR count). The molecule has 3 aromatic heterocycles. The Bertz CT molecular complexity index is 716. The number of nitrogens with zero attached hydrogens (tertiary/aromatic N) is 3. The van der Waals surface area contributed by atoms with E-state index in [1.807, 2.05) is 30.3 Å². The predicted octanol–water partition coefficient (Wildman–Crippen LogP) is 2.31. The predicted molar refractivity (Wildman–Crippen MR) is 71.2 cm³/mol. The summed E-state index contributed by atoms with van der Waals surface area (Å²) in [4.78, 5) is 16.8. The Morgan fingerprint density at radius 1 is 1.33 bits per heavy atom. The van der Waals surface area contributed by atoms with Crippen molar-refractivity contribution < 1.29 is 4.79 Å². The van der Waals surface area contributed by atoms with E-state index in [-0.39, 0.29) is 0 Å². The van der Waals surface area contributed by atoms with E-state index in [9.17, 15) is 4.79 Å². The zero-order valence-corrected chi connectivity index (χ0v) is 10.4. The Labute approximate surface area is 107 Å².